The second-order valence-electron chi connectivity index (χ2n) is 4.18. The zero-order valence-electron chi connectivity index (χ0n) is 9.84. The highest BCUT2D eigenvalue weighted by atomic mass is 16.4. The smallest absolute Gasteiger partial charge is 0.306 e. The van der Waals surface area contributed by atoms with Crippen molar-refractivity contribution in [1.29, 1.82) is 0 Å². The van der Waals surface area contributed by atoms with Crippen molar-refractivity contribution in [1.82, 2.24) is 0 Å². The van der Waals surface area contributed by atoms with Crippen LogP contribution in [0.15, 0.2) is 12.1 Å². The summed E-state index contributed by atoms with van der Waals surface area (Å²) < 4.78 is 0. The molecule has 1 aromatic carbocycles. The molecule has 2 atom stereocenters. The van der Waals surface area contributed by atoms with Crippen molar-refractivity contribution in [3.05, 3.63) is 28.8 Å². The number of aryl methyl sites for hydroxylation is 2. The molecule has 17 heavy (non-hydrogen) atoms. The molecular formula is C12H17NO4. The maximum atomic E-state index is 10.4. The number of anilines is 1. The third-order valence-corrected chi connectivity index (χ3v) is 2.71. The number of carboxylic acids is 1. The van der Waals surface area contributed by atoms with Crippen molar-refractivity contribution in [2.24, 2.45) is 0 Å². The van der Waals surface area contributed by atoms with E-state index in [9.17, 15) is 15.0 Å². The first-order valence-electron chi connectivity index (χ1n) is 5.27. The van der Waals surface area contributed by atoms with E-state index in [0.29, 0.717) is 11.3 Å². The molecular weight excluding hydrogens is 222 g/mol. The molecule has 0 amide bonds. The van der Waals surface area contributed by atoms with E-state index in [-0.39, 0.29) is 0 Å². The van der Waals surface area contributed by atoms with Gasteiger partial charge in [0, 0.05) is 5.69 Å². The molecule has 5 N–H and O–H groups in total. The summed E-state index contributed by atoms with van der Waals surface area (Å²) in [5.41, 5.74) is 8.46. The molecule has 0 aliphatic carbocycles. The zero-order valence-corrected chi connectivity index (χ0v) is 9.84. The van der Waals surface area contributed by atoms with Crippen molar-refractivity contribution < 1.29 is 20.1 Å². The first-order valence-corrected chi connectivity index (χ1v) is 5.27. The molecule has 94 valence electrons. The van der Waals surface area contributed by atoms with Crippen molar-refractivity contribution in [3.63, 3.8) is 0 Å². The van der Waals surface area contributed by atoms with Gasteiger partial charge < -0.3 is 21.1 Å². The lowest BCUT2D eigenvalue weighted by atomic mass is 9.97. The van der Waals surface area contributed by atoms with Crippen molar-refractivity contribution in [2.75, 3.05) is 5.73 Å². The number of nitrogens with two attached hydrogens (primary N) is 1. The Morgan fingerprint density at radius 1 is 1.29 bits per heavy atom. The fourth-order valence-electron chi connectivity index (χ4n) is 1.69. The SMILES string of the molecule is Cc1cc(C(O)C(O)CC(=O)O)cc(C)c1N. The van der Waals surface area contributed by atoms with Gasteiger partial charge in [-0.2, -0.15) is 0 Å². The number of aliphatic hydroxyl groups is 2. The van der Waals surface area contributed by atoms with Crippen LogP contribution in [0.1, 0.15) is 29.2 Å². The Bertz CT molecular complexity index is 408. The van der Waals surface area contributed by atoms with Crippen molar-refractivity contribution >= 4 is 11.7 Å². The van der Waals surface area contributed by atoms with Crippen LogP contribution in [0.3, 0.4) is 0 Å². The molecule has 0 aliphatic rings. The molecule has 0 saturated heterocycles. The van der Waals surface area contributed by atoms with Gasteiger partial charge in [-0.05, 0) is 30.5 Å². The molecule has 0 radical (unpaired) electrons. The predicted octanol–water partition coefficient (Wildman–Crippen LogP) is 0.755. The molecule has 0 aliphatic heterocycles. The fourth-order valence-corrected chi connectivity index (χ4v) is 1.69. The van der Waals surface area contributed by atoms with Gasteiger partial charge in [-0.1, -0.05) is 12.1 Å². The number of rotatable bonds is 4. The van der Waals surface area contributed by atoms with E-state index in [1.807, 2.05) is 0 Å². The molecule has 5 nitrogen and oxygen atoms in total. The van der Waals surface area contributed by atoms with Crippen molar-refractivity contribution in [3.8, 4) is 0 Å². The molecule has 0 spiro atoms. The van der Waals surface area contributed by atoms with E-state index in [0.717, 1.165) is 11.1 Å². The summed E-state index contributed by atoms with van der Waals surface area (Å²) in [4.78, 5) is 10.4. The minimum Gasteiger partial charge on any atom is -0.481 e. The molecule has 0 saturated carbocycles. The standard InChI is InChI=1S/C12H17NO4/c1-6-3-8(4-7(2)11(6)13)12(17)9(14)5-10(15)16/h3-4,9,12,14,17H,5,13H2,1-2H3,(H,15,16). The number of aliphatic hydroxyl groups excluding tert-OH is 2. The number of nitrogen functional groups attached to an aromatic ring is 1. The lowest BCUT2D eigenvalue weighted by Gasteiger charge is -2.18. The Kier molecular flexibility index (Phi) is 4.09. The molecule has 1 aromatic rings. The highest BCUT2D eigenvalue weighted by Gasteiger charge is 2.21. The van der Waals surface area contributed by atoms with Gasteiger partial charge in [-0.25, -0.2) is 0 Å². The van der Waals surface area contributed by atoms with E-state index < -0.39 is 24.6 Å². The highest BCUT2D eigenvalue weighted by molar-refractivity contribution is 5.67. The van der Waals surface area contributed by atoms with Crippen LogP contribution in [0.25, 0.3) is 0 Å². The number of carboxylic acid groups (broad SMARTS) is 1. The van der Waals surface area contributed by atoms with Gasteiger partial charge in [0.1, 0.15) is 6.10 Å². The van der Waals surface area contributed by atoms with Crippen molar-refractivity contribution in [2.45, 2.75) is 32.5 Å². The molecule has 0 fully saturated rings. The molecule has 1 rings (SSSR count). The van der Waals surface area contributed by atoms with Crippen LogP contribution in [-0.2, 0) is 4.79 Å². The summed E-state index contributed by atoms with van der Waals surface area (Å²) in [5.74, 6) is -1.15. The largest absolute Gasteiger partial charge is 0.481 e. The van der Waals surface area contributed by atoms with Crippen LogP contribution in [0.2, 0.25) is 0 Å². The van der Waals surface area contributed by atoms with Crippen LogP contribution >= 0.6 is 0 Å². The van der Waals surface area contributed by atoms with Gasteiger partial charge in [-0.15, -0.1) is 0 Å². The number of hydrogen-bond donors (Lipinski definition) is 4. The lowest BCUT2D eigenvalue weighted by Crippen LogP contribution is -2.22. The molecule has 5 heteroatoms. The number of aliphatic carboxylic acids is 1. The summed E-state index contributed by atoms with van der Waals surface area (Å²) in [7, 11) is 0. The topological polar surface area (TPSA) is 104 Å². The quantitative estimate of drug-likeness (QED) is 0.580. The van der Waals surface area contributed by atoms with Crippen LogP contribution in [-0.4, -0.2) is 27.4 Å². The normalized spacial score (nSPS) is 14.4. The van der Waals surface area contributed by atoms with E-state index in [2.05, 4.69) is 0 Å². The Labute approximate surface area is 99.5 Å². The lowest BCUT2D eigenvalue weighted by molar-refractivity contribution is -0.141. The zero-order chi connectivity index (χ0) is 13.2. The summed E-state index contributed by atoms with van der Waals surface area (Å²) >= 11 is 0. The maximum Gasteiger partial charge on any atom is 0.306 e. The van der Waals surface area contributed by atoms with Crippen LogP contribution < -0.4 is 5.73 Å². The third kappa shape index (κ3) is 3.18. The second-order valence-corrected chi connectivity index (χ2v) is 4.18. The predicted molar refractivity (Wildman–Crippen MR) is 63.5 cm³/mol. The molecule has 0 bridgehead atoms. The Morgan fingerprint density at radius 2 is 1.76 bits per heavy atom. The maximum absolute atomic E-state index is 10.4. The first kappa shape index (κ1) is 13.5. The Morgan fingerprint density at radius 3 is 2.18 bits per heavy atom. The van der Waals surface area contributed by atoms with Gasteiger partial charge in [0.15, 0.2) is 0 Å². The number of carbonyl (C=O) groups is 1. The second kappa shape index (κ2) is 5.16. The minimum absolute atomic E-state index is 0.475. The van der Waals surface area contributed by atoms with E-state index in [1.54, 1.807) is 26.0 Å². The van der Waals surface area contributed by atoms with E-state index >= 15 is 0 Å². The average molecular weight is 239 g/mol. The monoisotopic (exact) mass is 239 g/mol. The van der Waals surface area contributed by atoms with Crippen LogP contribution in [0, 0.1) is 13.8 Å². The summed E-state index contributed by atoms with van der Waals surface area (Å²) in [6, 6.07) is 3.30. The Balaban J connectivity index is 2.96. The molecule has 0 heterocycles. The summed E-state index contributed by atoms with van der Waals surface area (Å²) in [6.07, 6.45) is -3.04. The number of benzene rings is 1. The van der Waals surface area contributed by atoms with Gasteiger partial charge in [-0.3, -0.25) is 4.79 Å². The minimum atomic E-state index is -1.32. The van der Waals surface area contributed by atoms with Crippen LogP contribution in [0.4, 0.5) is 5.69 Å². The highest BCUT2D eigenvalue weighted by Crippen LogP contribution is 2.25. The third-order valence-electron chi connectivity index (χ3n) is 2.71. The van der Waals surface area contributed by atoms with Gasteiger partial charge in [0.05, 0.1) is 12.5 Å². The average Bonchev–Trinajstić information content (AvgIpc) is 2.23. The molecule has 0 aromatic heterocycles. The first-order chi connectivity index (χ1) is 7.82. The van der Waals surface area contributed by atoms with E-state index in [1.165, 1.54) is 0 Å². The summed E-state index contributed by atoms with van der Waals surface area (Å²) in [6.45, 7) is 3.59. The van der Waals surface area contributed by atoms with E-state index in [4.69, 9.17) is 10.8 Å². The van der Waals surface area contributed by atoms with Gasteiger partial charge in [0.2, 0.25) is 0 Å². The number of hydrogen-bond acceptors (Lipinski definition) is 4. The van der Waals surface area contributed by atoms with Crippen LogP contribution in [0.5, 0.6) is 0 Å². The molecule has 2 unspecified atom stereocenters. The summed E-state index contributed by atoms with van der Waals surface area (Å²) in [5, 5.41) is 27.9. The van der Waals surface area contributed by atoms with Gasteiger partial charge in [0.25, 0.3) is 0 Å². The fraction of sp³-hybridized carbons (Fsp3) is 0.417. The Hall–Kier alpha value is -1.59. The van der Waals surface area contributed by atoms with Gasteiger partial charge >= 0.3 is 5.97 Å².